The number of carbonyl (C=O) groups excluding carboxylic acids is 1. The van der Waals surface area contributed by atoms with E-state index in [1.54, 1.807) is 0 Å². The molecule has 0 aromatic rings. The second-order valence-corrected chi connectivity index (χ2v) is 4.26. The number of nitrogens with one attached hydrogen (secondary N) is 1. The van der Waals surface area contributed by atoms with Crippen LogP contribution >= 0.6 is 0 Å². The summed E-state index contributed by atoms with van der Waals surface area (Å²) in [5.74, 6) is -1.53. The standard InChI is InChI=1S/C11H19NO5/c1-7-5-8(6-17-7)10(13)12-9(11(14)15)3-4-16-2/h7-9H,3-6H2,1-2H3,(H,12,13)(H,14,15). The molecule has 1 aliphatic heterocycles. The van der Waals surface area contributed by atoms with Gasteiger partial charge in [0.15, 0.2) is 0 Å². The van der Waals surface area contributed by atoms with Crippen molar-refractivity contribution in [3.8, 4) is 0 Å². The van der Waals surface area contributed by atoms with Crippen molar-refractivity contribution in [2.75, 3.05) is 20.3 Å². The fourth-order valence-electron chi connectivity index (χ4n) is 1.78. The summed E-state index contributed by atoms with van der Waals surface area (Å²) in [6, 6.07) is -0.890. The van der Waals surface area contributed by atoms with Crippen molar-refractivity contribution in [1.29, 1.82) is 0 Å². The first-order valence-corrected chi connectivity index (χ1v) is 5.68. The molecule has 98 valence electrons. The summed E-state index contributed by atoms with van der Waals surface area (Å²) in [4.78, 5) is 22.7. The highest BCUT2D eigenvalue weighted by Crippen LogP contribution is 2.19. The summed E-state index contributed by atoms with van der Waals surface area (Å²) in [6.45, 7) is 2.56. The van der Waals surface area contributed by atoms with Gasteiger partial charge < -0.3 is 19.9 Å². The molecule has 1 heterocycles. The number of carboxylic acids is 1. The van der Waals surface area contributed by atoms with Crippen LogP contribution in [0.2, 0.25) is 0 Å². The molecule has 3 unspecified atom stereocenters. The molecule has 1 amide bonds. The van der Waals surface area contributed by atoms with Gasteiger partial charge in [0.25, 0.3) is 0 Å². The fourth-order valence-corrected chi connectivity index (χ4v) is 1.78. The lowest BCUT2D eigenvalue weighted by Gasteiger charge is -2.16. The molecular weight excluding hydrogens is 226 g/mol. The Labute approximate surface area is 100 Å². The fraction of sp³-hybridized carbons (Fsp3) is 0.818. The van der Waals surface area contributed by atoms with Crippen LogP contribution in [0.25, 0.3) is 0 Å². The molecule has 0 bridgehead atoms. The van der Waals surface area contributed by atoms with E-state index in [9.17, 15) is 9.59 Å². The molecule has 6 nitrogen and oxygen atoms in total. The normalized spacial score (nSPS) is 25.5. The second-order valence-electron chi connectivity index (χ2n) is 4.26. The van der Waals surface area contributed by atoms with Crippen LogP contribution < -0.4 is 5.32 Å². The van der Waals surface area contributed by atoms with Crippen LogP contribution in [-0.4, -0.2) is 49.5 Å². The Morgan fingerprint density at radius 1 is 1.59 bits per heavy atom. The zero-order valence-corrected chi connectivity index (χ0v) is 10.1. The Bertz CT molecular complexity index is 281. The summed E-state index contributed by atoms with van der Waals surface area (Å²) < 4.78 is 10.1. The third-order valence-electron chi connectivity index (χ3n) is 2.79. The van der Waals surface area contributed by atoms with Crippen molar-refractivity contribution in [2.24, 2.45) is 5.92 Å². The minimum Gasteiger partial charge on any atom is -0.480 e. The molecule has 17 heavy (non-hydrogen) atoms. The molecule has 0 aromatic heterocycles. The first-order chi connectivity index (χ1) is 8.04. The predicted molar refractivity (Wildman–Crippen MR) is 59.6 cm³/mol. The number of rotatable bonds is 6. The van der Waals surface area contributed by atoms with E-state index in [2.05, 4.69) is 5.32 Å². The summed E-state index contributed by atoms with van der Waals surface area (Å²) in [5, 5.41) is 11.5. The second kappa shape index (κ2) is 6.56. The van der Waals surface area contributed by atoms with Gasteiger partial charge in [0.05, 0.1) is 18.6 Å². The Morgan fingerprint density at radius 2 is 2.29 bits per heavy atom. The lowest BCUT2D eigenvalue weighted by atomic mass is 10.0. The van der Waals surface area contributed by atoms with Gasteiger partial charge in [0.1, 0.15) is 6.04 Å². The van der Waals surface area contributed by atoms with Crippen LogP contribution in [-0.2, 0) is 19.1 Å². The molecule has 1 saturated heterocycles. The number of carboxylic acid groups (broad SMARTS) is 1. The van der Waals surface area contributed by atoms with Gasteiger partial charge in [-0.1, -0.05) is 0 Å². The van der Waals surface area contributed by atoms with Crippen LogP contribution in [0.15, 0.2) is 0 Å². The third kappa shape index (κ3) is 4.32. The number of aliphatic carboxylic acids is 1. The quantitative estimate of drug-likeness (QED) is 0.689. The highest BCUT2D eigenvalue weighted by Gasteiger charge is 2.30. The monoisotopic (exact) mass is 245 g/mol. The van der Waals surface area contributed by atoms with Crippen LogP contribution in [0.3, 0.4) is 0 Å². The SMILES string of the molecule is COCCC(NC(=O)C1COC(C)C1)C(=O)O. The molecule has 1 fully saturated rings. The summed E-state index contributed by atoms with van der Waals surface area (Å²) in [7, 11) is 1.49. The topological polar surface area (TPSA) is 84.9 Å². The highest BCUT2D eigenvalue weighted by molar-refractivity contribution is 5.85. The maximum atomic E-state index is 11.8. The molecule has 0 aliphatic carbocycles. The molecular formula is C11H19NO5. The van der Waals surface area contributed by atoms with Crippen molar-refractivity contribution >= 4 is 11.9 Å². The predicted octanol–water partition coefficient (Wildman–Crippen LogP) is 0.0173. The molecule has 3 atom stereocenters. The van der Waals surface area contributed by atoms with Crippen LogP contribution in [0.4, 0.5) is 0 Å². The largest absolute Gasteiger partial charge is 0.480 e. The van der Waals surface area contributed by atoms with Gasteiger partial charge in [0, 0.05) is 20.1 Å². The van der Waals surface area contributed by atoms with Crippen LogP contribution in [0.1, 0.15) is 19.8 Å². The first kappa shape index (κ1) is 13.9. The number of amides is 1. The summed E-state index contributed by atoms with van der Waals surface area (Å²) >= 11 is 0. The van der Waals surface area contributed by atoms with Gasteiger partial charge in [-0.25, -0.2) is 4.79 Å². The number of ether oxygens (including phenoxy) is 2. The van der Waals surface area contributed by atoms with E-state index in [1.807, 2.05) is 6.92 Å². The molecule has 1 rings (SSSR count). The minimum absolute atomic E-state index is 0.0630. The van der Waals surface area contributed by atoms with E-state index in [4.69, 9.17) is 14.6 Å². The zero-order chi connectivity index (χ0) is 12.8. The van der Waals surface area contributed by atoms with Gasteiger partial charge in [0.2, 0.25) is 5.91 Å². The van der Waals surface area contributed by atoms with E-state index in [0.717, 1.165) is 0 Å². The smallest absolute Gasteiger partial charge is 0.326 e. The molecule has 0 radical (unpaired) electrons. The van der Waals surface area contributed by atoms with E-state index in [1.165, 1.54) is 7.11 Å². The van der Waals surface area contributed by atoms with Gasteiger partial charge in [-0.3, -0.25) is 4.79 Å². The van der Waals surface area contributed by atoms with Gasteiger partial charge >= 0.3 is 5.97 Å². The number of hydrogen-bond donors (Lipinski definition) is 2. The van der Waals surface area contributed by atoms with Gasteiger partial charge in [-0.2, -0.15) is 0 Å². The summed E-state index contributed by atoms with van der Waals surface area (Å²) in [6.07, 6.45) is 0.969. The Balaban J connectivity index is 2.43. The number of carbonyl (C=O) groups is 2. The number of hydrogen-bond acceptors (Lipinski definition) is 4. The Hall–Kier alpha value is -1.14. The van der Waals surface area contributed by atoms with Crippen molar-refractivity contribution in [1.82, 2.24) is 5.32 Å². The molecule has 1 aliphatic rings. The lowest BCUT2D eigenvalue weighted by molar-refractivity contribution is -0.143. The first-order valence-electron chi connectivity index (χ1n) is 5.68. The average Bonchev–Trinajstić information content (AvgIpc) is 2.70. The zero-order valence-electron chi connectivity index (χ0n) is 10.1. The Morgan fingerprint density at radius 3 is 2.76 bits per heavy atom. The van der Waals surface area contributed by atoms with Crippen molar-refractivity contribution < 1.29 is 24.2 Å². The lowest BCUT2D eigenvalue weighted by Crippen LogP contribution is -2.44. The van der Waals surface area contributed by atoms with Gasteiger partial charge in [-0.05, 0) is 13.3 Å². The number of methoxy groups -OCH3 is 1. The van der Waals surface area contributed by atoms with E-state index in [0.29, 0.717) is 19.6 Å². The average molecular weight is 245 g/mol. The molecule has 2 N–H and O–H groups in total. The van der Waals surface area contributed by atoms with Crippen molar-refractivity contribution in [2.45, 2.75) is 31.9 Å². The summed E-state index contributed by atoms with van der Waals surface area (Å²) in [5.41, 5.74) is 0. The molecule has 0 spiro atoms. The highest BCUT2D eigenvalue weighted by atomic mass is 16.5. The Kier molecular flexibility index (Phi) is 5.37. The molecule has 6 heteroatoms. The third-order valence-corrected chi connectivity index (χ3v) is 2.79. The van der Waals surface area contributed by atoms with E-state index >= 15 is 0 Å². The van der Waals surface area contributed by atoms with Crippen molar-refractivity contribution in [3.05, 3.63) is 0 Å². The van der Waals surface area contributed by atoms with Crippen LogP contribution in [0, 0.1) is 5.92 Å². The minimum atomic E-state index is -1.04. The van der Waals surface area contributed by atoms with Crippen molar-refractivity contribution in [3.63, 3.8) is 0 Å². The molecule has 0 saturated carbocycles. The van der Waals surface area contributed by atoms with E-state index < -0.39 is 12.0 Å². The maximum Gasteiger partial charge on any atom is 0.326 e. The van der Waals surface area contributed by atoms with Crippen LogP contribution in [0.5, 0.6) is 0 Å². The maximum absolute atomic E-state index is 11.8. The van der Waals surface area contributed by atoms with E-state index in [-0.39, 0.29) is 24.3 Å². The molecule has 0 aromatic carbocycles. The van der Waals surface area contributed by atoms with Gasteiger partial charge in [-0.15, -0.1) is 0 Å².